The summed E-state index contributed by atoms with van der Waals surface area (Å²) in [5.41, 5.74) is 0.924. The molecule has 1 atom stereocenters. The number of furan rings is 1. The van der Waals surface area contributed by atoms with Crippen LogP contribution in [0.3, 0.4) is 0 Å². The van der Waals surface area contributed by atoms with Crippen LogP contribution in [0.1, 0.15) is 41.8 Å². The summed E-state index contributed by atoms with van der Waals surface area (Å²) in [6, 6.07) is 2.14. The highest BCUT2D eigenvalue weighted by Gasteiger charge is 2.27. The molecule has 1 aliphatic heterocycles. The predicted octanol–water partition coefficient (Wildman–Crippen LogP) is 3.37. The molecule has 2 heterocycles. The predicted molar refractivity (Wildman–Crippen MR) is 70.5 cm³/mol. The van der Waals surface area contributed by atoms with Crippen molar-refractivity contribution >= 4 is 21.8 Å². The Morgan fingerprint density at radius 1 is 1.53 bits per heavy atom. The molecule has 1 fully saturated rings. The average molecular weight is 300 g/mol. The van der Waals surface area contributed by atoms with E-state index in [9.17, 15) is 4.79 Å². The van der Waals surface area contributed by atoms with Crippen molar-refractivity contribution in [3.63, 3.8) is 0 Å². The van der Waals surface area contributed by atoms with Crippen molar-refractivity contribution < 1.29 is 9.21 Å². The van der Waals surface area contributed by atoms with Crippen molar-refractivity contribution in [2.75, 3.05) is 11.9 Å². The van der Waals surface area contributed by atoms with Gasteiger partial charge in [-0.3, -0.25) is 4.79 Å². The lowest BCUT2D eigenvalue weighted by Gasteiger charge is -2.28. The molecule has 17 heavy (non-hydrogen) atoms. The van der Waals surface area contributed by atoms with E-state index < -0.39 is 0 Å². The Labute approximate surface area is 110 Å². The number of hydrogen-bond acceptors (Lipinski definition) is 2. The average Bonchev–Trinajstić information content (AvgIpc) is 2.64. The van der Waals surface area contributed by atoms with Crippen LogP contribution < -0.4 is 0 Å². The molecular weight excluding hydrogens is 282 g/mol. The third kappa shape index (κ3) is 2.73. The molecule has 94 valence electrons. The van der Waals surface area contributed by atoms with E-state index in [1.807, 2.05) is 17.9 Å². The maximum absolute atomic E-state index is 12.4. The third-order valence-electron chi connectivity index (χ3n) is 3.37. The Morgan fingerprint density at radius 2 is 2.35 bits per heavy atom. The van der Waals surface area contributed by atoms with Gasteiger partial charge in [-0.15, -0.1) is 0 Å². The highest BCUT2D eigenvalue weighted by Crippen LogP contribution is 2.22. The number of hydrogen-bond donors (Lipinski definition) is 0. The molecule has 0 bridgehead atoms. The standard InChI is InChI=1S/C13H18BrNO2/c1-10-6-8-17-12(10)13(16)15-7-4-2-3-5-11(15)9-14/h6,8,11H,2-5,7,9H2,1H3. The number of halogens is 1. The first-order valence-electron chi connectivity index (χ1n) is 6.15. The first kappa shape index (κ1) is 12.7. The van der Waals surface area contributed by atoms with Gasteiger partial charge < -0.3 is 9.32 Å². The van der Waals surface area contributed by atoms with Crippen molar-refractivity contribution in [1.82, 2.24) is 4.90 Å². The van der Waals surface area contributed by atoms with Crippen LogP contribution in [-0.2, 0) is 0 Å². The molecule has 1 aliphatic rings. The summed E-state index contributed by atoms with van der Waals surface area (Å²) in [4.78, 5) is 14.4. The minimum absolute atomic E-state index is 0.0406. The Hall–Kier alpha value is -0.770. The summed E-state index contributed by atoms with van der Waals surface area (Å²) in [6.45, 7) is 2.76. The summed E-state index contributed by atoms with van der Waals surface area (Å²) in [5, 5.41) is 0.846. The molecule has 1 amide bonds. The van der Waals surface area contributed by atoms with Crippen LogP contribution in [0, 0.1) is 6.92 Å². The lowest BCUT2D eigenvalue weighted by atomic mass is 10.1. The fraction of sp³-hybridized carbons (Fsp3) is 0.615. The van der Waals surface area contributed by atoms with Crippen LogP contribution in [0.2, 0.25) is 0 Å². The molecule has 0 spiro atoms. The van der Waals surface area contributed by atoms with Gasteiger partial charge in [0.15, 0.2) is 5.76 Å². The molecule has 1 aromatic rings. The number of aryl methyl sites for hydroxylation is 1. The fourth-order valence-corrected chi connectivity index (χ4v) is 3.00. The van der Waals surface area contributed by atoms with Gasteiger partial charge >= 0.3 is 0 Å². The normalized spacial score (nSPS) is 21.3. The van der Waals surface area contributed by atoms with Crippen LogP contribution in [0.25, 0.3) is 0 Å². The SMILES string of the molecule is Cc1ccoc1C(=O)N1CCCCCC1CBr. The van der Waals surface area contributed by atoms with E-state index in [0.29, 0.717) is 11.8 Å². The molecule has 1 aromatic heterocycles. The Kier molecular flexibility index (Phi) is 4.26. The lowest BCUT2D eigenvalue weighted by molar-refractivity contribution is 0.0668. The summed E-state index contributed by atoms with van der Waals surface area (Å²) in [5.74, 6) is 0.539. The van der Waals surface area contributed by atoms with Crippen LogP contribution in [0.15, 0.2) is 16.7 Å². The molecule has 3 nitrogen and oxygen atoms in total. The minimum Gasteiger partial charge on any atom is -0.459 e. The Balaban J connectivity index is 2.18. The summed E-state index contributed by atoms with van der Waals surface area (Å²) >= 11 is 3.51. The molecule has 1 unspecified atom stereocenters. The minimum atomic E-state index is 0.0406. The number of carbonyl (C=O) groups is 1. The molecule has 4 heteroatoms. The molecule has 0 saturated carbocycles. The first-order valence-corrected chi connectivity index (χ1v) is 7.27. The van der Waals surface area contributed by atoms with E-state index in [0.717, 1.165) is 30.3 Å². The van der Waals surface area contributed by atoms with Gasteiger partial charge in [0, 0.05) is 23.5 Å². The number of amides is 1. The highest BCUT2D eigenvalue weighted by atomic mass is 79.9. The number of carbonyl (C=O) groups excluding carboxylic acids is 1. The van der Waals surface area contributed by atoms with Crippen LogP contribution in [-0.4, -0.2) is 28.7 Å². The first-order chi connectivity index (χ1) is 8.24. The van der Waals surface area contributed by atoms with Crippen LogP contribution in [0.5, 0.6) is 0 Å². The van der Waals surface area contributed by atoms with E-state index >= 15 is 0 Å². The van der Waals surface area contributed by atoms with Crippen molar-refractivity contribution in [3.8, 4) is 0 Å². The number of alkyl halides is 1. The van der Waals surface area contributed by atoms with Gasteiger partial charge in [-0.25, -0.2) is 0 Å². The molecular formula is C13H18BrNO2. The second-order valence-corrected chi connectivity index (χ2v) is 5.24. The summed E-state index contributed by atoms with van der Waals surface area (Å²) in [7, 11) is 0. The molecule has 0 aliphatic carbocycles. The molecule has 0 radical (unpaired) electrons. The fourth-order valence-electron chi connectivity index (χ4n) is 2.33. The van der Waals surface area contributed by atoms with Gasteiger partial charge in [-0.2, -0.15) is 0 Å². The van der Waals surface area contributed by atoms with Crippen molar-refractivity contribution in [2.45, 2.75) is 38.6 Å². The number of rotatable bonds is 2. The van der Waals surface area contributed by atoms with E-state index in [-0.39, 0.29) is 5.91 Å². The Bertz CT molecular complexity index is 389. The third-order valence-corrected chi connectivity index (χ3v) is 4.12. The zero-order valence-corrected chi connectivity index (χ0v) is 11.7. The van der Waals surface area contributed by atoms with E-state index in [1.165, 1.54) is 12.8 Å². The van der Waals surface area contributed by atoms with Gasteiger partial charge in [-0.1, -0.05) is 28.8 Å². The number of nitrogens with zero attached hydrogens (tertiary/aromatic N) is 1. The Morgan fingerprint density at radius 3 is 3.00 bits per heavy atom. The van der Waals surface area contributed by atoms with Gasteiger partial charge in [0.2, 0.25) is 0 Å². The zero-order chi connectivity index (χ0) is 12.3. The quantitative estimate of drug-likeness (QED) is 0.785. The van der Waals surface area contributed by atoms with Crippen LogP contribution >= 0.6 is 15.9 Å². The highest BCUT2D eigenvalue weighted by molar-refractivity contribution is 9.09. The zero-order valence-electron chi connectivity index (χ0n) is 10.1. The molecule has 0 aromatic carbocycles. The van der Waals surface area contributed by atoms with Crippen molar-refractivity contribution in [3.05, 3.63) is 23.7 Å². The van der Waals surface area contributed by atoms with Crippen molar-refractivity contribution in [2.24, 2.45) is 0 Å². The smallest absolute Gasteiger partial charge is 0.290 e. The summed E-state index contributed by atoms with van der Waals surface area (Å²) < 4.78 is 5.31. The molecule has 1 saturated heterocycles. The second kappa shape index (κ2) is 5.71. The maximum atomic E-state index is 12.4. The van der Waals surface area contributed by atoms with E-state index in [2.05, 4.69) is 15.9 Å². The second-order valence-electron chi connectivity index (χ2n) is 4.59. The maximum Gasteiger partial charge on any atom is 0.290 e. The molecule has 2 rings (SSSR count). The van der Waals surface area contributed by atoms with E-state index in [4.69, 9.17) is 4.42 Å². The lowest BCUT2D eigenvalue weighted by Crippen LogP contribution is -2.41. The molecule has 0 N–H and O–H groups in total. The van der Waals surface area contributed by atoms with Crippen LogP contribution in [0.4, 0.5) is 0 Å². The van der Waals surface area contributed by atoms with Gasteiger partial charge in [-0.05, 0) is 25.8 Å². The largest absolute Gasteiger partial charge is 0.459 e. The topological polar surface area (TPSA) is 33.5 Å². The monoisotopic (exact) mass is 299 g/mol. The van der Waals surface area contributed by atoms with Crippen molar-refractivity contribution in [1.29, 1.82) is 0 Å². The number of likely N-dealkylation sites (tertiary alicyclic amines) is 1. The van der Waals surface area contributed by atoms with Gasteiger partial charge in [0.1, 0.15) is 0 Å². The van der Waals surface area contributed by atoms with Gasteiger partial charge in [0.25, 0.3) is 5.91 Å². The summed E-state index contributed by atoms with van der Waals surface area (Å²) in [6.07, 6.45) is 6.18. The van der Waals surface area contributed by atoms with Gasteiger partial charge in [0.05, 0.1) is 6.26 Å². The van der Waals surface area contributed by atoms with E-state index in [1.54, 1.807) is 6.26 Å².